The maximum atomic E-state index is 10.3. The van der Waals surface area contributed by atoms with Crippen molar-refractivity contribution in [2.24, 2.45) is 5.41 Å². The summed E-state index contributed by atoms with van der Waals surface area (Å²) in [6, 6.07) is 10.1. The average Bonchev–Trinajstić information content (AvgIpc) is 2.74. The summed E-state index contributed by atoms with van der Waals surface area (Å²) in [6.07, 6.45) is 3.72. The van der Waals surface area contributed by atoms with E-state index in [0.29, 0.717) is 11.7 Å². The van der Waals surface area contributed by atoms with Gasteiger partial charge in [0.15, 0.2) is 0 Å². The predicted octanol–water partition coefficient (Wildman–Crippen LogP) is 3.74. The average molecular weight is 268 g/mol. The van der Waals surface area contributed by atoms with Crippen LogP contribution in [0.2, 0.25) is 0 Å². The molecule has 2 N–H and O–H groups in total. The molecule has 2 aliphatic carbocycles. The molecule has 0 spiro atoms. The summed E-state index contributed by atoms with van der Waals surface area (Å²) in [5, 5.41) is 22.5. The Balaban J connectivity index is 1.98. The molecule has 4 rings (SSSR count). The van der Waals surface area contributed by atoms with Gasteiger partial charge in [-0.25, -0.2) is 0 Å². The molecule has 0 heterocycles. The number of phenols is 1. The first-order valence-corrected chi connectivity index (χ1v) is 7.50. The van der Waals surface area contributed by atoms with E-state index in [1.54, 1.807) is 0 Å². The van der Waals surface area contributed by atoms with Crippen LogP contribution in [0.5, 0.6) is 5.75 Å². The number of aliphatic hydroxyl groups excluding tert-OH is 1. The first kappa shape index (κ1) is 12.2. The minimum atomic E-state index is -0.190. The Kier molecular flexibility index (Phi) is 2.43. The van der Waals surface area contributed by atoms with E-state index in [4.69, 9.17) is 0 Å². The van der Waals surface area contributed by atoms with Gasteiger partial charge in [-0.2, -0.15) is 0 Å². The van der Waals surface area contributed by atoms with Crippen molar-refractivity contribution in [1.29, 1.82) is 0 Å². The van der Waals surface area contributed by atoms with Gasteiger partial charge in [0.2, 0.25) is 0 Å². The lowest BCUT2D eigenvalue weighted by atomic mass is 9.66. The third kappa shape index (κ3) is 1.55. The van der Waals surface area contributed by atoms with Crippen LogP contribution in [0, 0.1) is 5.41 Å². The Bertz CT molecular complexity index is 691. The number of phenolic OH excluding ortho intramolecular Hbond substituents is 1. The van der Waals surface area contributed by atoms with E-state index in [2.05, 4.69) is 13.0 Å². The number of rotatable bonds is 0. The Morgan fingerprint density at radius 1 is 1.20 bits per heavy atom. The van der Waals surface area contributed by atoms with E-state index in [-0.39, 0.29) is 11.5 Å². The van der Waals surface area contributed by atoms with Crippen molar-refractivity contribution < 1.29 is 10.2 Å². The normalized spacial score (nSPS) is 32.1. The molecule has 0 unspecified atom stereocenters. The highest BCUT2D eigenvalue weighted by molar-refractivity contribution is 5.92. The van der Waals surface area contributed by atoms with Crippen LogP contribution in [0.1, 0.15) is 43.2 Å². The van der Waals surface area contributed by atoms with Gasteiger partial charge in [0, 0.05) is 5.39 Å². The smallest absolute Gasteiger partial charge is 0.123 e. The van der Waals surface area contributed by atoms with Crippen LogP contribution in [-0.2, 0) is 6.42 Å². The number of hydrogen-bond donors (Lipinski definition) is 2. The van der Waals surface area contributed by atoms with Gasteiger partial charge in [-0.15, -0.1) is 0 Å². The maximum absolute atomic E-state index is 10.3. The largest absolute Gasteiger partial charge is 0.507 e. The second-order valence-corrected chi connectivity index (χ2v) is 6.81. The van der Waals surface area contributed by atoms with E-state index in [1.807, 2.05) is 24.3 Å². The number of aryl methyl sites for hydroxylation is 1. The molecular formula is C18H20O2. The zero-order valence-corrected chi connectivity index (χ0v) is 11.8. The highest BCUT2D eigenvalue weighted by Crippen LogP contribution is 2.57. The van der Waals surface area contributed by atoms with Crippen LogP contribution in [0.4, 0.5) is 0 Å². The summed E-state index contributed by atoms with van der Waals surface area (Å²) in [7, 11) is 0. The highest BCUT2D eigenvalue weighted by Gasteiger charge is 2.47. The molecule has 2 nitrogen and oxygen atoms in total. The highest BCUT2D eigenvalue weighted by atomic mass is 16.3. The lowest BCUT2D eigenvalue weighted by Crippen LogP contribution is -2.26. The zero-order chi connectivity index (χ0) is 13.9. The summed E-state index contributed by atoms with van der Waals surface area (Å²) in [5.41, 5.74) is 2.85. The van der Waals surface area contributed by atoms with Crippen LogP contribution in [0.3, 0.4) is 0 Å². The van der Waals surface area contributed by atoms with Crippen molar-refractivity contribution in [1.82, 2.24) is 0 Å². The maximum Gasteiger partial charge on any atom is 0.123 e. The van der Waals surface area contributed by atoms with Crippen molar-refractivity contribution in [3.05, 3.63) is 41.5 Å². The van der Waals surface area contributed by atoms with Gasteiger partial charge in [0.25, 0.3) is 0 Å². The molecule has 0 aliphatic heterocycles. The molecule has 2 aromatic rings. The van der Waals surface area contributed by atoms with Crippen LogP contribution >= 0.6 is 0 Å². The van der Waals surface area contributed by atoms with Gasteiger partial charge in [0.05, 0.1) is 6.10 Å². The lowest BCUT2D eigenvalue weighted by molar-refractivity contribution is 0.159. The van der Waals surface area contributed by atoms with Crippen molar-refractivity contribution >= 4 is 10.8 Å². The van der Waals surface area contributed by atoms with Crippen molar-refractivity contribution in [2.75, 3.05) is 0 Å². The number of aromatic hydroxyl groups is 1. The molecule has 0 saturated heterocycles. The fourth-order valence-electron chi connectivity index (χ4n) is 4.54. The second kappa shape index (κ2) is 3.98. The molecule has 1 fully saturated rings. The molecule has 2 aliphatic rings. The van der Waals surface area contributed by atoms with Gasteiger partial charge in [0.1, 0.15) is 5.75 Å². The third-order valence-corrected chi connectivity index (χ3v) is 5.54. The molecule has 2 aromatic carbocycles. The summed E-state index contributed by atoms with van der Waals surface area (Å²) >= 11 is 0. The van der Waals surface area contributed by atoms with Crippen molar-refractivity contribution in [2.45, 2.75) is 44.6 Å². The van der Waals surface area contributed by atoms with Gasteiger partial charge < -0.3 is 10.2 Å². The number of benzene rings is 2. The Morgan fingerprint density at radius 3 is 2.75 bits per heavy atom. The number of hydrogen-bond acceptors (Lipinski definition) is 2. The summed E-state index contributed by atoms with van der Waals surface area (Å²) in [4.78, 5) is 0. The van der Waals surface area contributed by atoms with Crippen LogP contribution in [-0.4, -0.2) is 16.3 Å². The Morgan fingerprint density at radius 2 is 1.95 bits per heavy atom. The Hall–Kier alpha value is -1.54. The Labute approximate surface area is 119 Å². The third-order valence-electron chi connectivity index (χ3n) is 5.54. The molecule has 20 heavy (non-hydrogen) atoms. The first-order valence-electron chi connectivity index (χ1n) is 7.50. The van der Waals surface area contributed by atoms with Crippen LogP contribution < -0.4 is 0 Å². The fraction of sp³-hybridized carbons (Fsp3) is 0.444. The summed E-state index contributed by atoms with van der Waals surface area (Å²) < 4.78 is 0. The fourth-order valence-corrected chi connectivity index (χ4v) is 4.54. The molecule has 0 aromatic heterocycles. The molecule has 104 valence electrons. The molecule has 3 atom stereocenters. The van der Waals surface area contributed by atoms with Gasteiger partial charge >= 0.3 is 0 Å². The second-order valence-electron chi connectivity index (χ2n) is 6.81. The predicted molar refractivity (Wildman–Crippen MR) is 80.0 cm³/mol. The molecule has 2 heteroatoms. The van der Waals surface area contributed by atoms with E-state index in [1.165, 1.54) is 16.5 Å². The molecular weight excluding hydrogens is 248 g/mol. The quantitative estimate of drug-likeness (QED) is 0.764. The van der Waals surface area contributed by atoms with E-state index >= 15 is 0 Å². The van der Waals surface area contributed by atoms with E-state index in [0.717, 1.165) is 31.1 Å². The summed E-state index contributed by atoms with van der Waals surface area (Å²) in [6.45, 7) is 2.29. The van der Waals surface area contributed by atoms with Gasteiger partial charge in [-0.05, 0) is 59.6 Å². The lowest BCUT2D eigenvalue weighted by Gasteiger charge is -2.38. The SMILES string of the molecule is C[C@@]12CCc3c(cc(O)c4ccccc34)[C@H]1C[C@H](O)C2. The molecule has 0 bridgehead atoms. The van der Waals surface area contributed by atoms with E-state index in [9.17, 15) is 10.2 Å². The number of aliphatic hydroxyl groups is 1. The van der Waals surface area contributed by atoms with Crippen LogP contribution in [0.25, 0.3) is 10.8 Å². The molecule has 1 saturated carbocycles. The van der Waals surface area contributed by atoms with Gasteiger partial charge in [-0.3, -0.25) is 0 Å². The molecule has 0 radical (unpaired) electrons. The van der Waals surface area contributed by atoms with Crippen LogP contribution in [0.15, 0.2) is 30.3 Å². The van der Waals surface area contributed by atoms with Crippen molar-refractivity contribution in [3.8, 4) is 5.75 Å². The summed E-state index contributed by atoms with van der Waals surface area (Å²) in [5.74, 6) is 0.766. The number of fused-ring (bicyclic) bond motifs is 5. The minimum Gasteiger partial charge on any atom is -0.507 e. The minimum absolute atomic E-state index is 0.190. The van der Waals surface area contributed by atoms with Crippen molar-refractivity contribution in [3.63, 3.8) is 0 Å². The monoisotopic (exact) mass is 268 g/mol. The van der Waals surface area contributed by atoms with E-state index < -0.39 is 0 Å². The molecule has 0 amide bonds. The zero-order valence-electron chi connectivity index (χ0n) is 11.8. The standard InChI is InChI=1S/C18H20O2/c1-18-7-6-13-12-4-2-3-5-14(12)17(20)9-15(13)16(18)8-11(19)10-18/h2-5,9,11,16,19-20H,6-8,10H2,1H3/t11-,16+,18-/m0/s1. The topological polar surface area (TPSA) is 40.5 Å². The van der Waals surface area contributed by atoms with Gasteiger partial charge in [-0.1, -0.05) is 31.2 Å². The first-order chi connectivity index (χ1) is 9.58.